The van der Waals surface area contributed by atoms with E-state index in [0.29, 0.717) is 5.56 Å². The van der Waals surface area contributed by atoms with E-state index in [1.54, 1.807) is 43.3 Å². The fourth-order valence-corrected chi connectivity index (χ4v) is 1.99. The summed E-state index contributed by atoms with van der Waals surface area (Å²) in [6.07, 6.45) is 0. The molecule has 0 unspecified atom stereocenters. The van der Waals surface area contributed by atoms with Crippen molar-refractivity contribution in [3.8, 4) is 16.9 Å². The number of phenols is 1. The van der Waals surface area contributed by atoms with Gasteiger partial charge in [-0.2, -0.15) is 0 Å². The predicted molar refractivity (Wildman–Crippen MR) is 76.3 cm³/mol. The molecule has 19 heavy (non-hydrogen) atoms. The molecule has 3 nitrogen and oxygen atoms in total. The lowest BCUT2D eigenvalue weighted by atomic mass is 10.0. The normalized spacial score (nSPS) is 10.3. The number of hydrogen-bond donors (Lipinski definition) is 1. The third kappa shape index (κ3) is 2.94. The maximum Gasteiger partial charge on any atom is 0.253 e. The van der Waals surface area contributed by atoms with Crippen LogP contribution in [0.4, 0.5) is 0 Å². The molecule has 0 bridgehead atoms. The quantitative estimate of drug-likeness (QED) is 0.896. The average molecular weight is 255 g/mol. The van der Waals surface area contributed by atoms with Crippen LogP contribution in [0.25, 0.3) is 11.1 Å². The first kappa shape index (κ1) is 13.1. The van der Waals surface area contributed by atoms with E-state index in [0.717, 1.165) is 16.7 Å². The van der Waals surface area contributed by atoms with E-state index in [1.807, 2.05) is 25.1 Å². The molecule has 0 aliphatic rings. The summed E-state index contributed by atoms with van der Waals surface area (Å²) in [6, 6.07) is 12.8. The van der Waals surface area contributed by atoms with Gasteiger partial charge in [0.05, 0.1) is 0 Å². The van der Waals surface area contributed by atoms with Crippen LogP contribution in [0.2, 0.25) is 0 Å². The first-order valence-corrected chi connectivity index (χ1v) is 6.10. The van der Waals surface area contributed by atoms with E-state index in [2.05, 4.69) is 0 Å². The van der Waals surface area contributed by atoms with Gasteiger partial charge in [-0.3, -0.25) is 4.79 Å². The van der Waals surface area contributed by atoms with Crippen LogP contribution in [-0.2, 0) is 0 Å². The summed E-state index contributed by atoms with van der Waals surface area (Å²) < 4.78 is 0. The summed E-state index contributed by atoms with van der Waals surface area (Å²) in [5.74, 6) is 0.238. The Morgan fingerprint density at radius 1 is 1.00 bits per heavy atom. The molecule has 0 heterocycles. The molecule has 0 saturated heterocycles. The largest absolute Gasteiger partial charge is 0.508 e. The summed E-state index contributed by atoms with van der Waals surface area (Å²) in [7, 11) is 3.46. The second-order valence-electron chi connectivity index (χ2n) is 4.83. The number of aryl methyl sites for hydroxylation is 1. The molecule has 0 aromatic heterocycles. The first-order valence-electron chi connectivity index (χ1n) is 6.10. The maximum atomic E-state index is 11.8. The van der Waals surface area contributed by atoms with Gasteiger partial charge in [0.2, 0.25) is 0 Å². The van der Waals surface area contributed by atoms with Crippen LogP contribution in [0, 0.1) is 6.92 Å². The molecule has 0 fully saturated rings. The summed E-state index contributed by atoms with van der Waals surface area (Å²) in [5.41, 5.74) is 3.59. The second-order valence-corrected chi connectivity index (χ2v) is 4.83. The van der Waals surface area contributed by atoms with Crippen molar-refractivity contribution < 1.29 is 9.90 Å². The number of amides is 1. The van der Waals surface area contributed by atoms with Crippen molar-refractivity contribution in [2.24, 2.45) is 0 Å². The van der Waals surface area contributed by atoms with Gasteiger partial charge in [-0.15, -0.1) is 0 Å². The number of hydrogen-bond acceptors (Lipinski definition) is 2. The van der Waals surface area contributed by atoms with E-state index in [1.165, 1.54) is 0 Å². The van der Waals surface area contributed by atoms with Gasteiger partial charge in [0, 0.05) is 19.7 Å². The molecule has 0 spiro atoms. The van der Waals surface area contributed by atoms with Gasteiger partial charge in [-0.1, -0.05) is 18.2 Å². The number of carbonyl (C=O) groups excluding carboxylic acids is 1. The minimum Gasteiger partial charge on any atom is -0.508 e. The van der Waals surface area contributed by atoms with Gasteiger partial charge in [-0.05, 0) is 47.9 Å². The van der Waals surface area contributed by atoms with Gasteiger partial charge in [0.1, 0.15) is 5.75 Å². The number of phenolic OH excluding ortho intramolecular Hbond substituents is 1. The van der Waals surface area contributed by atoms with Crippen molar-refractivity contribution in [1.82, 2.24) is 4.90 Å². The van der Waals surface area contributed by atoms with Crippen LogP contribution < -0.4 is 0 Å². The Morgan fingerprint density at radius 3 is 2.16 bits per heavy atom. The molecule has 2 rings (SSSR count). The second kappa shape index (κ2) is 5.14. The molecule has 2 aromatic rings. The Hall–Kier alpha value is -2.29. The highest BCUT2D eigenvalue weighted by Gasteiger charge is 2.08. The Balaban J connectivity index is 2.35. The molecule has 0 saturated carbocycles. The number of benzene rings is 2. The van der Waals surface area contributed by atoms with Crippen LogP contribution in [0.5, 0.6) is 5.75 Å². The van der Waals surface area contributed by atoms with Gasteiger partial charge in [0.15, 0.2) is 0 Å². The molecule has 2 aromatic carbocycles. The highest BCUT2D eigenvalue weighted by atomic mass is 16.3. The summed E-state index contributed by atoms with van der Waals surface area (Å²) >= 11 is 0. The lowest BCUT2D eigenvalue weighted by Gasteiger charge is -2.11. The molecular weight excluding hydrogens is 238 g/mol. The molecule has 0 aliphatic carbocycles. The first-order chi connectivity index (χ1) is 8.97. The number of aromatic hydroxyl groups is 1. The molecule has 3 heteroatoms. The molecule has 1 amide bonds. The zero-order chi connectivity index (χ0) is 14.0. The van der Waals surface area contributed by atoms with Gasteiger partial charge in [-0.25, -0.2) is 0 Å². The Labute approximate surface area is 113 Å². The maximum absolute atomic E-state index is 11.8. The number of nitrogens with zero attached hydrogens (tertiary/aromatic N) is 1. The van der Waals surface area contributed by atoms with Crippen molar-refractivity contribution in [2.75, 3.05) is 14.1 Å². The fourth-order valence-electron chi connectivity index (χ4n) is 1.99. The fraction of sp³-hybridized carbons (Fsp3) is 0.188. The van der Waals surface area contributed by atoms with Crippen molar-refractivity contribution in [2.45, 2.75) is 6.92 Å². The highest BCUT2D eigenvalue weighted by molar-refractivity contribution is 5.94. The van der Waals surface area contributed by atoms with Crippen molar-refractivity contribution in [3.05, 3.63) is 53.6 Å². The van der Waals surface area contributed by atoms with E-state index in [-0.39, 0.29) is 11.7 Å². The summed E-state index contributed by atoms with van der Waals surface area (Å²) in [4.78, 5) is 13.3. The minimum atomic E-state index is -0.0151. The van der Waals surface area contributed by atoms with Crippen LogP contribution in [-0.4, -0.2) is 30.0 Å². The van der Waals surface area contributed by atoms with E-state index >= 15 is 0 Å². The Kier molecular flexibility index (Phi) is 3.56. The molecule has 0 aliphatic heterocycles. The monoisotopic (exact) mass is 255 g/mol. The third-order valence-electron chi connectivity index (χ3n) is 2.93. The zero-order valence-electron chi connectivity index (χ0n) is 11.3. The SMILES string of the molecule is Cc1cc(O)cc(-c2ccc(C(=O)N(C)C)cc2)c1. The van der Waals surface area contributed by atoms with Gasteiger partial charge >= 0.3 is 0 Å². The lowest BCUT2D eigenvalue weighted by molar-refractivity contribution is 0.0827. The van der Waals surface area contributed by atoms with Crippen molar-refractivity contribution in [1.29, 1.82) is 0 Å². The van der Waals surface area contributed by atoms with Crippen LogP contribution in [0.15, 0.2) is 42.5 Å². The molecular formula is C16H17NO2. The summed E-state index contributed by atoms with van der Waals surface area (Å²) in [6.45, 7) is 1.94. The molecule has 1 N–H and O–H groups in total. The predicted octanol–water partition coefficient (Wildman–Crippen LogP) is 3.07. The molecule has 0 atom stereocenters. The summed E-state index contributed by atoms with van der Waals surface area (Å²) in [5, 5.41) is 9.61. The molecule has 0 radical (unpaired) electrons. The van der Waals surface area contributed by atoms with Crippen LogP contribution >= 0.6 is 0 Å². The number of rotatable bonds is 2. The van der Waals surface area contributed by atoms with Gasteiger partial charge in [0.25, 0.3) is 5.91 Å². The minimum absolute atomic E-state index is 0.0151. The van der Waals surface area contributed by atoms with Crippen LogP contribution in [0.3, 0.4) is 0 Å². The third-order valence-corrected chi connectivity index (χ3v) is 2.93. The van der Waals surface area contributed by atoms with Crippen molar-refractivity contribution in [3.63, 3.8) is 0 Å². The van der Waals surface area contributed by atoms with Crippen LogP contribution in [0.1, 0.15) is 15.9 Å². The highest BCUT2D eigenvalue weighted by Crippen LogP contribution is 2.25. The Bertz CT molecular complexity index is 580. The average Bonchev–Trinajstić information content (AvgIpc) is 2.37. The van der Waals surface area contributed by atoms with E-state index in [9.17, 15) is 9.90 Å². The lowest BCUT2D eigenvalue weighted by Crippen LogP contribution is -2.21. The topological polar surface area (TPSA) is 40.5 Å². The zero-order valence-corrected chi connectivity index (χ0v) is 11.3. The van der Waals surface area contributed by atoms with Gasteiger partial charge < -0.3 is 10.0 Å². The van der Waals surface area contributed by atoms with Crippen molar-refractivity contribution >= 4 is 5.91 Å². The Morgan fingerprint density at radius 2 is 1.63 bits per heavy atom. The molecule has 98 valence electrons. The standard InChI is InChI=1S/C16H17NO2/c1-11-8-14(10-15(18)9-11)12-4-6-13(7-5-12)16(19)17(2)3/h4-10,18H,1-3H3. The van der Waals surface area contributed by atoms with E-state index in [4.69, 9.17) is 0 Å². The number of carbonyl (C=O) groups is 1. The van der Waals surface area contributed by atoms with E-state index < -0.39 is 0 Å². The smallest absolute Gasteiger partial charge is 0.253 e.